The molecule has 0 spiro atoms. The van der Waals surface area contributed by atoms with Crippen molar-refractivity contribution >= 4 is 33.4 Å². The van der Waals surface area contributed by atoms with Crippen LogP contribution in [0.3, 0.4) is 0 Å². The largest absolute Gasteiger partial charge is 0.379 e. The molecule has 0 aromatic carbocycles. The van der Waals surface area contributed by atoms with Crippen LogP contribution in [0.1, 0.15) is 70.3 Å². The topological polar surface area (TPSA) is 63.6 Å². The number of carbonyl (C=O) groups excluding carboxylic acids is 2. The lowest BCUT2D eigenvalue weighted by Gasteiger charge is -2.45. The summed E-state index contributed by atoms with van der Waals surface area (Å²) in [5, 5.41) is 5.37. The van der Waals surface area contributed by atoms with Crippen LogP contribution in [-0.4, -0.2) is 52.1 Å². The zero-order valence-electron chi connectivity index (χ0n) is 19.1. The molecule has 6 nitrogen and oxygen atoms in total. The standard InChI is InChI=1S/C24H35N3O3S/c1-16(2)30-12-7-11-27-22(28)20-14-21-19(10-13-31-21)26(20)15-24(27,4)23(29)25-18-9-6-5-8-17(18)3/h10,13-14,16-18H,5-9,11-12,15H2,1-4H3,(H,25,29). The molecule has 0 saturated heterocycles. The molecule has 2 amide bonds. The number of fused-ring (bicyclic) bond motifs is 3. The highest BCUT2D eigenvalue weighted by atomic mass is 32.1. The maximum atomic E-state index is 13.7. The Morgan fingerprint density at radius 1 is 1.35 bits per heavy atom. The van der Waals surface area contributed by atoms with E-state index in [1.807, 2.05) is 42.9 Å². The van der Waals surface area contributed by atoms with E-state index >= 15 is 0 Å². The number of hydrogen-bond donors (Lipinski definition) is 1. The van der Waals surface area contributed by atoms with Gasteiger partial charge >= 0.3 is 0 Å². The average Bonchev–Trinajstić information content (AvgIpc) is 3.31. The fourth-order valence-electron chi connectivity index (χ4n) is 5.02. The van der Waals surface area contributed by atoms with Crippen LogP contribution in [0.25, 0.3) is 10.2 Å². The van der Waals surface area contributed by atoms with Crippen molar-refractivity contribution in [3.8, 4) is 0 Å². The first-order chi connectivity index (χ1) is 14.8. The molecule has 4 rings (SSSR count). The molecule has 3 heterocycles. The minimum atomic E-state index is -0.924. The number of ether oxygens (including phenoxy) is 1. The summed E-state index contributed by atoms with van der Waals surface area (Å²) in [6, 6.07) is 4.21. The highest BCUT2D eigenvalue weighted by molar-refractivity contribution is 7.17. The maximum Gasteiger partial charge on any atom is 0.271 e. The second-order valence-corrected chi connectivity index (χ2v) is 10.6. The van der Waals surface area contributed by atoms with Gasteiger partial charge in [0, 0.05) is 19.2 Å². The number of carbonyl (C=O) groups is 2. The highest BCUT2D eigenvalue weighted by Crippen LogP contribution is 2.35. The first-order valence-corrected chi connectivity index (χ1v) is 12.5. The zero-order chi connectivity index (χ0) is 22.2. The number of nitrogens with zero attached hydrogens (tertiary/aromatic N) is 2. The van der Waals surface area contributed by atoms with Crippen molar-refractivity contribution in [2.45, 2.75) is 84.0 Å². The molecule has 1 aliphatic carbocycles. The molecule has 7 heteroatoms. The van der Waals surface area contributed by atoms with Crippen molar-refractivity contribution in [1.82, 2.24) is 14.8 Å². The van der Waals surface area contributed by atoms with Crippen LogP contribution in [0.5, 0.6) is 0 Å². The molecular formula is C24H35N3O3S. The first kappa shape index (κ1) is 22.3. The third-order valence-corrected chi connectivity index (χ3v) is 7.80. The minimum Gasteiger partial charge on any atom is -0.379 e. The van der Waals surface area contributed by atoms with Gasteiger partial charge in [0.25, 0.3) is 5.91 Å². The quantitative estimate of drug-likeness (QED) is 0.642. The summed E-state index contributed by atoms with van der Waals surface area (Å²) in [4.78, 5) is 29.1. The third kappa shape index (κ3) is 4.27. The Labute approximate surface area is 188 Å². The van der Waals surface area contributed by atoms with Gasteiger partial charge in [-0.25, -0.2) is 0 Å². The molecule has 1 saturated carbocycles. The summed E-state index contributed by atoms with van der Waals surface area (Å²) in [6.45, 7) is 9.73. The van der Waals surface area contributed by atoms with E-state index in [0.717, 1.165) is 29.5 Å². The summed E-state index contributed by atoms with van der Waals surface area (Å²) in [5.41, 5.74) is 0.802. The fourth-order valence-corrected chi connectivity index (χ4v) is 5.84. The highest BCUT2D eigenvalue weighted by Gasteiger charge is 2.48. The van der Waals surface area contributed by atoms with Gasteiger partial charge in [-0.1, -0.05) is 19.8 Å². The van der Waals surface area contributed by atoms with Crippen LogP contribution in [0.2, 0.25) is 0 Å². The number of amides is 2. The molecule has 0 radical (unpaired) electrons. The van der Waals surface area contributed by atoms with Crippen LogP contribution in [0, 0.1) is 5.92 Å². The Balaban J connectivity index is 1.61. The third-order valence-electron chi connectivity index (χ3n) is 6.94. The summed E-state index contributed by atoms with van der Waals surface area (Å²) in [6.07, 6.45) is 5.41. The van der Waals surface area contributed by atoms with Gasteiger partial charge in [0.15, 0.2) is 0 Å². The van der Waals surface area contributed by atoms with E-state index in [9.17, 15) is 9.59 Å². The van der Waals surface area contributed by atoms with Gasteiger partial charge < -0.3 is 19.5 Å². The average molecular weight is 446 g/mol. The predicted molar refractivity (Wildman–Crippen MR) is 125 cm³/mol. The van der Waals surface area contributed by atoms with Gasteiger partial charge in [-0.05, 0) is 63.5 Å². The van der Waals surface area contributed by atoms with E-state index in [2.05, 4.69) is 12.2 Å². The lowest BCUT2D eigenvalue weighted by atomic mass is 9.85. The van der Waals surface area contributed by atoms with Gasteiger partial charge in [0.1, 0.15) is 11.2 Å². The molecule has 170 valence electrons. The lowest BCUT2D eigenvalue weighted by molar-refractivity contribution is -0.134. The Hall–Kier alpha value is -1.86. The fraction of sp³-hybridized carbons (Fsp3) is 0.667. The van der Waals surface area contributed by atoms with Crippen LogP contribution < -0.4 is 5.32 Å². The molecule has 1 N–H and O–H groups in total. The van der Waals surface area contributed by atoms with Crippen molar-refractivity contribution < 1.29 is 14.3 Å². The van der Waals surface area contributed by atoms with E-state index < -0.39 is 5.54 Å². The Morgan fingerprint density at radius 3 is 2.87 bits per heavy atom. The van der Waals surface area contributed by atoms with Crippen molar-refractivity contribution in [2.75, 3.05) is 13.2 Å². The Morgan fingerprint density at radius 2 is 2.13 bits per heavy atom. The number of thiophene rings is 1. The first-order valence-electron chi connectivity index (χ1n) is 11.6. The molecular weight excluding hydrogens is 410 g/mol. The van der Waals surface area contributed by atoms with Gasteiger partial charge in [-0.15, -0.1) is 11.3 Å². The minimum absolute atomic E-state index is 0.0351. The van der Waals surface area contributed by atoms with Crippen LogP contribution in [-0.2, 0) is 16.1 Å². The van der Waals surface area contributed by atoms with E-state index in [1.165, 1.54) is 6.42 Å². The summed E-state index contributed by atoms with van der Waals surface area (Å²) >= 11 is 1.63. The molecule has 0 bridgehead atoms. The summed E-state index contributed by atoms with van der Waals surface area (Å²) in [7, 11) is 0. The number of hydrogen-bond acceptors (Lipinski definition) is 4. The second-order valence-electron chi connectivity index (χ2n) is 9.63. The van der Waals surface area contributed by atoms with Crippen LogP contribution in [0.4, 0.5) is 0 Å². The van der Waals surface area contributed by atoms with E-state index in [4.69, 9.17) is 4.74 Å². The number of aromatic nitrogens is 1. The van der Waals surface area contributed by atoms with Gasteiger partial charge in [-0.2, -0.15) is 0 Å². The molecule has 2 aliphatic rings. The van der Waals surface area contributed by atoms with Crippen molar-refractivity contribution in [3.63, 3.8) is 0 Å². The van der Waals surface area contributed by atoms with Gasteiger partial charge in [0.05, 0.1) is 22.9 Å². The van der Waals surface area contributed by atoms with Crippen molar-refractivity contribution in [3.05, 3.63) is 23.2 Å². The predicted octanol–water partition coefficient (Wildman–Crippen LogP) is 4.43. The molecule has 3 unspecified atom stereocenters. The van der Waals surface area contributed by atoms with Gasteiger partial charge in [0.2, 0.25) is 5.91 Å². The Kier molecular flexibility index (Phi) is 6.44. The second kappa shape index (κ2) is 8.94. The van der Waals surface area contributed by atoms with Crippen molar-refractivity contribution in [1.29, 1.82) is 0 Å². The van der Waals surface area contributed by atoms with Crippen LogP contribution >= 0.6 is 11.3 Å². The molecule has 1 aliphatic heterocycles. The number of nitrogens with one attached hydrogen (secondary N) is 1. The molecule has 3 atom stereocenters. The van der Waals surface area contributed by atoms with E-state index in [1.54, 1.807) is 16.2 Å². The van der Waals surface area contributed by atoms with Crippen molar-refractivity contribution in [2.24, 2.45) is 5.92 Å². The lowest BCUT2D eigenvalue weighted by Crippen LogP contribution is -2.65. The zero-order valence-corrected chi connectivity index (χ0v) is 20.0. The van der Waals surface area contributed by atoms with Crippen LogP contribution in [0.15, 0.2) is 17.5 Å². The maximum absolute atomic E-state index is 13.7. The SMILES string of the molecule is CC(C)OCCCN1C(=O)c2cc3sccc3n2CC1(C)C(=O)NC1CCCCC1C. The van der Waals surface area contributed by atoms with E-state index in [0.29, 0.717) is 37.7 Å². The van der Waals surface area contributed by atoms with Gasteiger partial charge in [-0.3, -0.25) is 9.59 Å². The Bertz CT molecular complexity index is 949. The molecule has 2 aromatic rings. The normalized spacial score (nSPS) is 26.5. The summed E-state index contributed by atoms with van der Waals surface area (Å²) < 4.78 is 8.83. The molecule has 1 fully saturated rings. The van der Waals surface area contributed by atoms with E-state index in [-0.39, 0.29) is 24.0 Å². The number of rotatable bonds is 7. The summed E-state index contributed by atoms with van der Waals surface area (Å²) in [5.74, 6) is 0.375. The molecule has 2 aromatic heterocycles. The monoisotopic (exact) mass is 445 g/mol. The molecule has 31 heavy (non-hydrogen) atoms. The smallest absolute Gasteiger partial charge is 0.271 e.